The molecule has 0 amide bonds. The van der Waals surface area contributed by atoms with E-state index in [0.29, 0.717) is 29.8 Å². The highest BCUT2D eigenvalue weighted by molar-refractivity contribution is 5.55. The van der Waals surface area contributed by atoms with Crippen molar-refractivity contribution in [1.29, 1.82) is 5.26 Å². The third kappa shape index (κ3) is 3.42. The Morgan fingerprint density at radius 1 is 1.53 bits per heavy atom. The number of aromatic nitrogens is 1. The number of ether oxygens (including phenoxy) is 1. The van der Waals surface area contributed by atoms with Gasteiger partial charge >= 0.3 is 0 Å². The summed E-state index contributed by atoms with van der Waals surface area (Å²) in [5.41, 5.74) is 7.00. The smallest absolute Gasteiger partial charge is 0.218 e. The lowest BCUT2D eigenvalue weighted by molar-refractivity contribution is 0.279. The number of hydrogen-bond acceptors (Lipinski definition) is 3. The van der Waals surface area contributed by atoms with E-state index in [9.17, 15) is 0 Å². The van der Waals surface area contributed by atoms with E-state index in [4.69, 9.17) is 15.7 Å². The first-order chi connectivity index (χ1) is 8.10. The maximum atomic E-state index is 9.06. The van der Waals surface area contributed by atoms with Gasteiger partial charge in [-0.2, -0.15) is 5.26 Å². The summed E-state index contributed by atoms with van der Waals surface area (Å²) < 4.78 is 7.55. The molecular formula is C13H21N3O. The van der Waals surface area contributed by atoms with Crippen molar-refractivity contribution in [2.24, 2.45) is 5.92 Å². The van der Waals surface area contributed by atoms with E-state index in [1.165, 1.54) is 0 Å². The van der Waals surface area contributed by atoms with E-state index in [1.54, 1.807) is 6.07 Å². The van der Waals surface area contributed by atoms with Gasteiger partial charge in [-0.1, -0.05) is 27.2 Å². The van der Waals surface area contributed by atoms with E-state index < -0.39 is 0 Å². The summed E-state index contributed by atoms with van der Waals surface area (Å²) in [5, 5.41) is 9.06. The SMILES string of the molecule is CCCCOc1c(N)cc(C#N)n1CC(C)C. The molecule has 0 spiro atoms. The fourth-order valence-electron chi connectivity index (χ4n) is 1.67. The highest BCUT2D eigenvalue weighted by atomic mass is 16.5. The Kier molecular flexibility index (Phi) is 4.89. The van der Waals surface area contributed by atoms with Crippen molar-refractivity contribution < 1.29 is 4.74 Å². The second kappa shape index (κ2) is 6.19. The van der Waals surface area contributed by atoms with E-state index in [0.717, 1.165) is 19.4 Å². The van der Waals surface area contributed by atoms with Crippen LogP contribution in [0.25, 0.3) is 0 Å². The maximum Gasteiger partial charge on any atom is 0.218 e. The molecule has 94 valence electrons. The van der Waals surface area contributed by atoms with Crippen molar-refractivity contribution in [3.63, 3.8) is 0 Å². The summed E-state index contributed by atoms with van der Waals surface area (Å²) in [6, 6.07) is 3.84. The van der Waals surface area contributed by atoms with Gasteiger partial charge in [0, 0.05) is 12.6 Å². The van der Waals surface area contributed by atoms with Crippen LogP contribution in [0.2, 0.25) is 0 Å². The van der Waals surface area contributed by atoms with Gasteiger partial charge in [0.1, 0.15) is 11.8 Å². The van der Waals surface area contributed by atoms with Crippen molar-refractivity contribution in [2.45, 2.75) is 40.2 Å². The van der Waals surface area contributed by atoms with Gasteiger partial charge in [-0.15, -0.1) is 0 Å². The highest BCUT2D eigenvalue weighted by Crippen LogP contribution is 2.27. The normalized spacial score (nSPS) is 10.5. The Hall–Kier alpha value is -1.63. The van der Waals surface area contributed by atoms with Crippen LogP contribution in [-0.2, 0) is 6.54 Å². The number of hydrogen-bond donors (Lipinski definition) is 1. The van der Waals surface area contributed by atoms with Crippen molar-refractivity contribution in [3.05, 3.63) is 11.8 Å². The summed E-state index contributed by atoms with van der Waals surface area (Å²) in [6.07, 6.45) is 2.07. The Morgan fingerprint density at radius 3 is 2.76 bits per heavy atom. The van der Waals surface area contributed by atoms with Gasteiger partial charge in [0.2, 0.25) is 5.88 Å². The summed E-state index contributed by atoms with van der Waals surface area (Å²) in [5.74, 6) is 1.09. The molecule has 0 aliphatic heterocycles. The zero-order valence-electron chi connectivity index (χ0n) is 10.9. The number of rotatable bonds is 6. The number of unbranched alkanes of at least 4 members (excludes halogenated alkanes) is 1. The Balaban J connectivity index is 2.92. The number of anilines is 1. The van der Waals surface area contributed by atoms with Crippen LogP contribution in [0.3, 0.4) is 0 Å². The lowest BCUT2D eigenvalue weighted by atomic mass is 10.2. The molecule has 1 heterocycles. The zero-order valence-corrected chi connectivity index (χ0v) is 10.9. The van der Waals surface area contributed by atoms with Gasteiger partial charge in [0.05, 0.1) is 12.3 Å². The molecule has 0 unspecified atom stereocenters. The molecule has 4 nitrogen and oxygen atoms in total. The number of nitrogens with zero attached hydrogens (tertiary/aromatic N) is 2. The molecule has 0 aromatic carbocycles. The van der Waals surface area contributed by atoms with E-state index in [1.807, 2.05) is 4.57 Å². The van der Waals surface area contributed by atoms with Crippen LogP contribution < -0.4 is 10.5 Å². The predicted octanol–water partition coefficient (Wildman–Crippen LogP) is 2.78. The van der Waals surface area contributed by atoms with Gasteiger partial charge in [0.25, 0.3) is 0 Å². The van der Waals surface area contributed by atoms with E-state index in [-0.39, 0.29) is 0 Å². The van der Waals surface area contributed by atoms with Gasteiger partial charge in [0.15, 0.2) is 0 Å². The lowest BCUT2D eigenvalue weighted by Gasteiger charge is -2.14. The topological polar surface area (TPSA) is 64.0 Å². The average molecular weight is 235 g/mol. The van der Waals surface area contributed by atoms with Crippen LogP contribution in [0, 0.1) is 17.2 Å². The second-order valence-corrected chi connectivity index (χ2v) is 4.61. The fraction of sp³-hybridized carbons (Fsp3) is 0.615. The first-order valence-electron chi connectivity index (χ1n) is 6.12. The van der Waals surface area contributed by atoms with Gasteiger partial charge in [-0.25, -0.2) is 0 Å². The molecule has 1 aromatic heterocycles. The summed E-state index contributed by atoms with van der Waals surface area (Å²) in [4.78, 5) is 0. The molecule has 0 bridgehead atoms. The van der Waals surface area contributed by atoms with Crippen molar-refractivity contribution in [3.8, 4) is 11.9 Å². The average Bonchev–Trinajstić information content (AvgIpc) is 2.56. The van der Waals surface area contributed by atoms with Crippen molar-refractivity contribution in [1.82, 2.24) is 4.57 Å². The molecule has 1 rings (SSSR count). The predicted molar refractivity (Wildman–Crippen MR) is 68.8 cm³/mol. The first kappa shape index (κ1) is 13.4. The summed E-state index contributed by atoms with van der Waals surface area (Å²) in [7, 11) is 0. The molecule has 0 aliphatic carbocycles. The van der Waals surface area contributed by atoms with Gasteiger partial charge in [-0.05, 0) is 12.3 Å². The lowest BCUT2D eigenvalue weighted by Crippen LogP contribution is -2.10. The largest absolute Gasteiger partial charge is 0.477 e. The summed E-state index contributed by atoms with van der Waals surface area (Å²) in [6.45, 7) is 7.72. The molecular weight excluding hydrogens is 214 g/mol. The summed E-state index contributed by atoms with van der Waals surface area (Å²) >= 11 is 0. The third-order valence-corrected chi connectivity index (χ3v) is 2.47. The maximum absolute atomic E-state index is 9.06. The van der Waals surface area contributed by atoms with E-state index in [2.05, 4.69) is 26.8 Å². The molecule has 0 fully saturated rings. The molecule has 0 saturated carbocycles. The molecule has 0 aliphatic rings. The Morgan fingerprint density at radius 2 is 2.24 bits per heavy atom. The molecule has 0 radical (unpaired) electrons. The first-order valence-corrected chi connectivity index (χ1v) is 6.12. The molecule has 0 atom stereocenters. The molecule has 0 saturated heterocycles. The van der Waals surface area contributed by atoms with Crippen LogP contribution in [0.1, 0.15) is 39.3 Å². The minimum Gasteiger partial charge on any atom is -0.477 e. The molecule has 1 aromatic rings. The van der Waals surface area contributed by atoms with Crippen LogP contribution in [-0.4, -0.2) is 11.2 Å². The fourth-order valence-corrected chi connectivity index (χ4v) is 1.67. The second-order valence-electron chi connectivity index (χ2n) is 4.61. The number of nitrogen functional groups attached to an aromatic ring is 1. The highest BCUT2D eigenvalue weighted by Gasteiger charge is 2.15. The van der Waals surface area contributed by atoms with Crippen molar-refractivity contribution >= 4 is 5.69 Å². The van der Waals surface area contributed by atoms with Crippen LogP contribution >= 0.6 is 0 Å². The Labute approximate surface area is 103 Å². The number of nitrogens with two attached hydrogens (primary N) is 1. The molecule has 2 N–H and O–H groups in total. The van der Waals surface area contributed by atoms with Crippen LogP contribution in [0.15, 0.2) is 6.07 Å². The molecule has 17 heavy (non-hydrogen) atoms. The zero-order chi connectivity index (χ0) is 12.8. The van der Waals surface area contributed by atoms with Crippen LogP contribution in [0.5, 0.6) is 5.88 Å². The van der Waals surface area contributed by atoms with Crippen molar-refractivity contribution in [2.75, 3.05) is 12.3 Å². The molecule has 4 heteroatoms. The minimum absolute atomic E-state index is 0.447. The quantitative estimate of drug-likeness (QED) is 0.771. The minimum atomic E-state index is 0.447. The van der Waals surface area contributed by atoms with Gasteiger partial charge in [-0.3, -0.25) is 0 Å². The van der Waals surface area contributed by atoms with Crippen LogP contribution in [0.4, 0.5) is 5.69 Å². The Bertz CT molecular complexity index is 402. The third-order valence-electron chi connectivity index (χ3n) is 2.47. The van der Waals surface area contributed by atoms with Gasteiger partial charge < -0.3 is 15.0 Å². The van der Waals surface area contributed by atoms with E-state index >= 15 is 0 Å². The number of nitriles is 1. The monoisotopic (exact) mass is 235 g/mol. The standard InChI is InChI=1S/C13H21N3O/c1-4-5-6-17-13-12(15)7-11(8-14)16(13)9-10(2)3/h7,10H,4-6,9,15H2,1-3H3.